The molecule has 2 unspecified atom stereocenters. The average molecular weight is 184 g/mol. The van der Waals surface area contributed by atoms with Gasteiger partial charge in [0, 0.05) is 7.11 Å². The van der Waals surface area contributed by atoms with E-state index in [4.69, 9.17) is 4.74 Å². The van der Waals surface area contributed by atoms with Gasteiger partial charge in [-0.1, -0.05) is 33.6 Å². The summed E-state index contributed by atoms with van der Waals surface area (Å²) < 4.78 is 5.55. The first-order chi connectivity index (χ1) is 6.03. The van der Waals surface area contributed by atoms with Gasteiger partial charge in [-0.2, -0.15) is 0 Å². The van der Waals surface area contributed by atoms with Crippen LogP contribution < -0.4 is 0 Å². The molecule has 0 aromatic heterocycles. The topological polar surface area (TPSA) is 9.23 Å². The van der Waals surface area contributed by atoms with Crippen molar-refractivity contribution in [2.24, 2.45) is 11.3 Å². The molecule has 1 saturated carbocycles. The maximum atomic E-state index is 5.55. The van der Waals surface area contributed by atoms with Crippen LogP contribution in [0, 0.1) is 11.3 Å². The van der Waals surface area contributed by atoms with E-state index in [0.29, 0.717) is 11.5 Å². The van der Waals surface area contributed by atoms with E-state index in [0.717, 1.165) is 5.92 Å². The predicted octanol–water partition coefficient (Wildman–Crippen LogP) is 3.63. The molecule has 0 radical (unpaired) electrons. The van der Waals surface area contributed by atoms with Crippen LogP contribution in [0.2, 0.25) is 0 Å². The van der Waals surface area contributed by atoms with Crippen molar-refractivity contribution in [1.29, 1.82) is 0 Å². The number of methoxy groups -OCH3 is 1. The Kier molecular flexibility index (Phi) is 3.78. The normalized spacial score (nSPS) is 30.5. The van der Waals surface area contributed by atoms with Gasteiger partial charge >= 0.3 is 0 Å². The minimum absolute atomic E-state index is 0.457. The molecule has 2 atom stereocenters. The highest BCUT2D eigenvalue weighted by atomic mass is 16.5. The molecule has 1 aliphatic rings. The number of hydrogen-bond donors (Lipinski definition) is 0. The van der Waals surface area contributed by atoms with Gasteiger partial charge in [-0.15, -0.1) is 0 Å². The summed E-state index contributed by atoms with van der Waals surface area (Å²) >= 11 is 0. The first-order valence-corrected chi connectivity index (χ1v) is 5.56. The largest absolute Gasteiger partial charge is 0.381 e. The Hall–Kier alpha value is -0.0400. The summed E-state index contributed by atoms with van der Waals surface area (Å²) in [6, 6.07) is 0. The molecule has 1 aliphatic carbocycles. The zero-order valence-corrected chi connectivity index (χ0v) is 9.60. The van der Waals surface area contributed by atoms with E-state index < -0.39 is 0 Å². The minimum atomic E-state index is 0.457. The Morgan fingerprint density at radius 1 is 1.15 bits per heavy atom. The Morgan fingerprint density at radius 3 is 2.31 bits per heavy atom. The Balaban J connectivity index is 2.45. The number of hydrogen-bond acceptors (Lipinski definition) is 1. The lowest BCUT2D eigenvalue weighted by molar-refractivity contribution is 0.00777. The zero-order chi connectivity index (χ0) is 9.90. The van der Waals surface area contributed by atoms with Gasteiger partial charge in [-0.05, 0) is 30.6 Å². The molecular formula is C12H24O. The summed E-state index contributed by atoms with van der Waals surface area (Å²) in [4.78, 5) is 0. The van der Waals surface area contributed by atoms with Crippen LogP contribution in [-0.4, -0.2) is 13.2 Å². The molecule has 78 valence electrons. The molecular weight excluding hydrogens is 160 g/mol. The second-order valence-electron chi connectivity index (χ2n) is 5.58. The summed E-state index contributed by atoms with van der Waals surface area (Å²) in [6.45, 7) is 6.98. The maximum Gasteiger partial charge on any atom is 0.0599 e. The van der Waals surface area contributed by atoms with Crippen LogP contribution in [-0.2, 0) is 4.74 Å². The van der Waals surface area contributed by atoms with E-state index >= 15 is 0 Å². The molecule has 0 amide bonds. The molecule has 0 aromatic carbocycles. The van der Waals surface area contributed by atoms with Crippen LogP contribution in [0.4, 0.5) is 0 Å². The molecule has 0 N–H and O–H groups in total. The molecule has 0 heterocycles. The lowest BCUT2D eigenvalue weighted by atomic mass is 9.76. The van der Waals surface area contributed by atoms with Gasteiger partial charge in [-0.25, -0.2) is 0 Å². The molecule has 1 heteroatoms. The lowest BCUT2D eigenvalue weighted by Crippen LogP contribution is -2.29. The third kappa shape index (κ3) is 3.68. The van der Waals surface area contributed by atoms with Crippen LogP contribution in [0.3, 0.4) is 0 Å². The van der Waals surface area contributed by atoms with Gasteiger partial charge in [0.15, 0.2) is 0 Å². The average Bonchev–Trinajstić information content (AvgIpc) is 2.02. The van der Waals surface area contributed by atoms with Crippen molar-refractivity contribution in [1.82, 2.24) is 0 Å². The van der Waals surface area contributed by atoms with Crippen LogP contribution in [0.1, 0.15) is 52.9 Å². The van der Waals surface area contributed by atoms with E-state index in [1.165, 1.54) is 32.1 Å². The van der Waals surface area contributed by atoms with Gasteiger partial charge in [0.2, 0.25) is 0 Å². The minimum Gasteiger partial charge on any atom is -0.381 e. The molecule has 13 heavy (non-hydrogen) atoms. The highest BCUT2D eigenvalue weighted by molar-refractivity contribution is 4.79. The van der Waals surface area contributed by atoms with E-state index in [2.05, 4.69) is 20.8 Å². The van der Waals surface area contributed by atoms with Gasteiger partial charge in [0.05, 0.1) is 6.10 Å². The third-order valence-electron chi connectivity index (χ3n) is 3.02. The number of ether oxygens (including phenoxy) is 1. The van der Waals surface area contributed by atoms with Crippen molar-refractivity contribution in [2.75, 3.05) is 7.11 Å². The van der Waals surface area contributed by atoms with Crippen LogP contribution in [0.5, 0.6) is 0 Å². The monoisotopic (exact) mass is 184 g/mol. The number of rotatable bonds is 2. The molecule has 0 spiro atoms. The quantitative estimate of drug-likeness (QED) is 0.637. The second-order valence-corrected chi connectivity index (χ2v) is 5.58. The molecule has 1 rings (SSSR count). The summed E-state index contributed by atoms with van der Waals surface area (Å²) in [6.07, 6.45) is 7.26. The lowest BCUT2D eigenvalue weighted by Gasteiger charge is -2.34. The fraction of sp³-hybridized carbons (Fsp3) is 1.00. The maximum absolute atomic E-state index is 5.55. The Morgan fingerprint density at radius 2 is 1.77 bits per heavy atom. The van der Waals surface area contributed by atoms with E-state index in [-0.39, 0.29) is 0 Å². The van der Waals surface area contributed by atoms with Crippen molar-refractivity contribution >= 4 is 0 Å². The summed E-state index contributed by atoms with van der Waals surface area (Å²) in [5, 5.41) is 0. The smallest absolute Gasteiger partial charge is 0.0599 e. The standard InChI is InChI=1S/C12H24O/c1-12(2,3)9-10-7-5-6-8-11(10)13-4/h10-11H,5-9H2,1-4H3. The summed E-state index contributed by atoms with van der Waals surface area (Å²) in [7, 11) is 1.87. The fourth-order valence-corrected chi connectivity index (χ4v) is 2.50. The van der Waals surface area contributed by atoms with E-state index in [9.17, 15) is 0 Å². The van der Waals surface area contributed by atoms with Crippen molar-refractivity contribution < 1.29 is 4.74 Å². The Labute approximate surface area is 82.9 Å². The van der Waals surface area contributed by atoms with Gasteiger partial charge in [-0.3, -0.25) is 0 Å². The fourth-order valence-electron chi connectivity index (χ4n) is 2.50. The highest BCUT2D eigenvalue weighted by Crippen LogP contribution is 2.35. The van der Waals surface area contributed by atoms with Crippen LogP contribution >= 0.6 is 0 Å². The zero-order valence-electron chi connectivity index (χ0n) is 9.60. The van der Waals surface area contributed by atoms with Gasteiger partial charge in [0.25, 0.3) is 0 Å². The van der Waals surface area contributed by atoms with Gasteiger partial charge < -0.3 is 4.74 Å². The summed E-state index contributed by atoms with van der Waals surface area (Å²) in [5.41, 5.74) is 0.457. The second kappa shape index (κ2) is 4.45. The highest BCUT2D eigenvalue weighted by Gasteiger charge is 2.28. The predicted molar refractivity (Wildman–Crippen MR) is 56.8 cm³/mol. The Bertz CT molecular complexity index is 146. The van der Waals surface area contributed by atoms with Crippen LogP contribution in [0.15, 0.2) is 0 Å². The van der Waals surface area contributed by atoms with E-state index in [1.54, 1.807) is 0 Å². The first-order valence-electron chi connectivity index (χ1n) is 5.56. The molecule has 1 nitrogen and oxygen atoms in total. The molecule has 0 aliphatic heterocycles. The molecule has 0 aromatic rings. The SMILES string of the molecule is COC1CCCCC1CC(C)(C)C. The first kappa shape index (κ1) is 11.0. The van der Waals surface area contributed by atoms with E-state index in [1.807, 2.05) is 7.11 Å². The van der Waals surface area contributed by atoms with Crippen molar-refractivity contribution in [3.63, 3.8) is 0 Å². The molecule has 0 saturated heterocycles. The summed E-state index contributed by atoms with van der Waals surface area (Å²) in [5.74, 6) is 0.804. The van der Waals surface area contributed by atoms with Crippen LogP contribution in [0.25, 0.3) is 0 Å². The third-order valence-corrected chi connectivity index (χ3v) is 3.02. The molecule has 0 bridgehead atoms. The molecule has 1 fully saturated rings. The van der Waals surface area contributed by atoms with Crippen molar-refractivity contribution in [2.45, 2.75) is 59.0 Å². The van der Waals surface area contributed by atoms with Crippen molar-refractivity contribution in [3.05, 3.63) is 0 Å². The van der Waals surface area contributed by atoms with Crippen molar-refractivity contribution in [3.8, 4) is 0 Å². The van der Waals surface area contributed by atoms with Gasteiger partial charge in [0.1, 0.15) is 0 Å².